The van der Waals surface area contributed by atoms with Crippen molar-refractivity contribution >= 4 is 17.5 Å². The summed E-state index contributed by atoms with van der Waals surface area (Å²) >= 11 is 0. The zero-order valence-corrected chi connectivity index (χ0v) is 14.8. The molecule has 2 aliphatic rings. The predicted octanol–water partition coefficient (Wildman–Crippen LogP) is 2.53. The Bertz CT molecular complexity index is 712. The number of halogens is 1. The topological polar surface area (TPSA) is 53.5 Å². The summed E-state index contributed by atoms with van der Waals surface area (Å²) < 4.78 is 18.7. The largest absolute Gasteiger partial charge is 0.376 e. The number of aromatic nitrogens is 2. The van der Waals surface area contributed by atoms with Crippen molar-refractivity contribution in [3.63, 3.8) is 0 Å². The SMILES string of the molecule is Fc1ccc(N2CCN(c3ccnc(NCC4CCCO4)n3)CC2)cc1. The summed E-state index contributed by atoms with van der Waals surface area (Å²) in [5.74, 6) is 1.39. The van der Waals surface area contributed by atoms with Gasteiger partial charge >= 0.3 is 0 Å². The van der Waals surface area contributed by atoms with Gasteiger partial charge in [0, 0.05) is 51.2 Å². The van der Waals surface area contributed by atoms with Crippen molar-refractivity contribution in [3.8, 4) is 0 Å². The van der Waals surface area contributed by atoms with Gasteiger partial charge in [-0.25, -0.2) is 9.37 Å². The molecule has 1 atom stereocenters. The highest BCUT2D eigenvalue weighted by Gasteiger charge is 2.19. The third-order valence-electron chi connectivity index (χ3n) is 4.95. The molecule has 0 saturated carbocycles. The number of rotatable bonds is 5. The third-order valence-corrected chi connectivity index (χ3v) is 4.95. The Morgan fingerprint density at radius 2 is 1.85 bits per heavy atom. The molecule has 0 amide bonds. The minimum Gasteiger partial charge on any atom is -0.376 e. The number of anilines is 3. The molecule has 2 aromatic rings. The van der Waals surface area contributed by atoms with Crippen LogP contribution in [0.25, 0.3) is 0 Å². The van der Waals surface area contributed by atoms with E-state index in [1.54, 1.807) is 6.20 Å². The van der Waals surface area contributed by atoms with Gasteiger partial charge in [-0.2, -0.15) is 4.98 Å². The van der Waals surface area contributed by atoms with E-state index in [0.29, 0.717) is 5.95 Å². The Labute approximate surface area is 153 Å². The van der Waals surface area contributed by atoms with Gasteiger partial charge < -0.3 is 19.9 Å². The van der Waals surface area contributed by atoms with Gasteiger partial charge in [-0.05, 0) is 43.2 Å². The average molecular weight is 357 g/mol. The zero-order valence-electron chi connectivity index (χ0n) is 14.8. The lowest BCUT2D eigenvalue weighted by molar-refractivity contribution is 0.120. The Kier molecular flexibility index (Phi) is 5.15. The molecule has 1 N–H and O–H groups in total. The van der Waals surface area contributed by atoms with Crippen molar-refractivity contribution in [1.29, 1.82) is 0 Å². The molecule has 138 valence electrons. The van der Waals surface area contributed by atoms with E-state index in [2.05, 4.69) is 25.1 Å². The Hall–Kier alpha value is -2.41. The molecule has 6 nitrogen and oxygen atoms in total. The van der Waals surface area contributed by atoms with Gasteiger partial charge in [-0.1, -0.05) is 0 Å². The van der Waals surface area contributed by atoms with Crippen LogP contribution in [0.15, 0.2) is 36.5 Å². The Balaban J connectivity index is 1.33. The van der Waals surface area contributed by atoms with Crippen LogP contribution in [0, 0.1) is 5.82 Å². The molecule has 1 aromatic heterocycles. The maximum Gasteiger partial charge on any atom is 0.224 e. The summed E-state index contributed by atoms with van der Waals surface area (Å²) in [4.78, 5) is 13.5. The molecular formula is C19H24FN5O. The fraction of sp³-hybridized carbons (Fsp3) is 0.474. The normalized spacial score (nSPS) is 20.4. The molecule has 2 aliphatic heterocycles. The summed E-state index contributed by atoms with van der Waals surface area (Å²) in [5, 5.41) is 3.29. The first-order chi connectivity index (χ1) is 12.8. The van der Waals surface area contributed by atoms with Crippen LogP contribution in [-0.4, -0.2) is 55.4 Å². The van der Waals surface area contributed by atoms with E-state index in [-0.39, 0.29) is 11.9 Å². The lowest BCUT2D eigenvalue weighted by Crippen LogP contribution is -2.46. The summed E-state index contributed by atoms with van der Waals surface area (Å²) in [7, 11) is 0. The number of hydrogen-bond donors (Lipinski definition) is 1. The molecule has 2 saturated heterocycles. The molecule has 1 unspecified atom stereocenters. The van der Waals surface area contributed by atoms with Crippen LogP contribution in [0.2, 0.25) is 0 Å². The number of hydrogen-bond acceptors (Lipinski definition) is 6. The second-order valence-electron chi connectivity index (χ2n) is 6.70. The fourth-order valence-corrected chi connectivity index (χ4v) is 3.47. The minimum atomic E-state index is -0.198. The first kappa shape index (κ1) is 17.0. The summed E-state index contributed by atoms with van der Waals surface area (Å²) in [6.07, 6.45) is 4.29. The third kappa shape index (κ3) is 4.04. The molecular weight excluding hydrogens is 333 g/mol. The molecule has 0 spiro atoms. The number of benzene rings is 1. The van der Waals surface area contributed by atoms with E-state index in [4.69, 9.17) is 4.74 Å². The number of ether oxygens (including phenoxy) is 1. The molecule has 0 radical (unpaired) electrons. The molecule has 26 heavy (non-hydrogen) atoms. The number of nitrogens with one attached hydrogen (secondary N) is 1. The second-order valence-corrected chi connectivity index (χ2v) is 6.70. The van der Waals surface area contributed by atoms with E-state index in [0.717, 1.165) is 63.7 Å². The van der Waals surface area contributed by atoms with E-state index in [1.807, 2.05) is 18.2 Å². The van der Waals surface area contributed by atoms with E-state index in [1.165, 1.54) is 12.1 Å². The molecule has 3 heterocycles. The minimum absolute atomic E-state index is 0.198. The maximum atomic E-state index is 13.1. The van der Waals surface area contributed by atoms with Gasteiger partial charge in [0.25, 0.3) is 0 Å². The van der Waals surface area contributed by atoms with Crippen LogP contribution in [0.3, 0.4) is 0 Å². The van der Waals surface area contributed by atoms with Crippen LogP contribution in [-0.2, 0) is 4.74 Å². The monoisotopic (exact) mass is 357 g/mol. The maximum absolute atomic E-state index is 13.1. The summed E-state index contributed by atoms with van der Waals surface area (Å²) in [5.41, 5.74) is 1.06. The quantitative estimate of drug-likeness (QED) is 0.888. The van der Waals surface area contributed by atoms with Crippen LogP contribution >= 0.6 is 0 Å². The van der Waals surface area contributed by atoms with E-state index >= 15 is 0 Å². The van der Waals surface area contributed by atoms with Gasteiger partial charge in [0.05, 0.1) is 6.10 Å². The highest BCUT2D eigenvalue weighted by Crippen LogP contribution is 2.20. The standard InChI is InChI=1S/C19H24FN5O/c20-15-3-5-16(6-4-15)24-9-11-25(12-10-24)18-7-8-21-19(23-18)22-14-17-2-1-13-26-17/h3-8,17H,1-2,9-14H2,(H,21,22,23). The fourth-order valence-electron chi connectivity index (χ4n) is 3.47. The van der Waals surface area contributed by atoms with Crippen LogP contribution < -0.4 is 15.1 Å². The Morgan fingerprint density at radius 1 is 1.08 bits per heavy atom. The Morgan fingerprint density at radius 3 is 2.58 bits per heavy atom. The number of piperazine rings is 1. The summed E-state index contributed by atoms with van der Waals surface area (Å²) in [6, 6.07) is 8.65. The zero-order chi connectivity index (χ0) is 17.8. The van der Waals surface area contributed by atoms with Gasteiger partial charge in [0.2, 0.25) is 5.95 Å². The highest BCUT2D eigenvalue weighted by molar-refractivity contribution is 5.50. The molecule has 1 aromatic carbocycles. The van der Waals surface area contributed by atoms with Crippen molar-refractivity contribution in [1.82, 2.24) is 9.97 Å². The van der Waals surface area contributed by atoms with Crippen molar-refractivity contribution in [2.24, 2.45) is 0 Å². The van der Waals surface area contributed by atoms with Gasteiger partial charge in [-0.3, -0.25) is 0 Å². The molecule has 0 bridgehead atoms. The van der Waals surface area contributed by atoms with Gasteiger partial charge in [-0.15, -0.1) is 0 Å². The molecule has 2 fully saturated rings. The van der Waals surface area contributed by atoms with Crippen LogP contribution in [0.5, 0.6) is 0 Å². The average Bonchev–Trinajstić information content (AvgIpc) is 3.21. The predicted molar refractivity (Wildman–Crippen MR) is 100 cm³/mol. The van der Waals surface area contributed by atoms with Crippen molar-refractivity contribution < 1.29 is 9.13 Å². The highest BCUT2D eigenvalue weighted by atomic mass is 19.1. The lowest BCUT2D eigenvalue weighted by Gasteiger charge is -2.36. The van der Waals surface area contributed by atoms with E-state index < -0.39 is 0 Å². The second kappa shape index (κ2) is 7.86. The van der Waals surface area contributed by atoms with Gasteiger partial charge in [0.1, 0.15) is 11.6 Å². The first-order valence-corrected chi connectivity index (χ1v) is 9.22. The van der Waals surface area contributed by atoms with Crippen molar-refractivity contribution in [3.05, 3.63) is 42.3 Å². The molecule has 0 aliphatic carbocycles. The van der Waals surface area contributed by atoms with Crippen LogP contribution in [0.1, 0.15) is 12.8 Å². The summed E-state index contributed by atoms with van der Waals surface area (Å²) in [6.45, 7) is 5.12. The lowest BCUT2D eigenvalue weighted by atomic mass is 10.2. The van der Waals surface area contributed by atoms with Crippen molar-refractivity contribution in [2.45, 2.75) is 18.9 Å². The van der Waals surface area contributed by atoms with Gasteiger partial charge in [0.15, 0.2) is 0 Å². The smallest absolute Gasteiger partial charge is 0.224 e. The molecule has 7 heteroatoms. The van der Waals surface area contributed by atoms with Crippen LogP contribution in [0.4, 0.5) is 21.8 Å². The van der Waals surface area contributed by atoms with Crippen molar-refractivity contribution in [2.75, 3.05) is 54.4 Å². The molecule has 4 rings (SSSR count). The van der Waals surface area contributed by atoms with E-state index in [9.17, 15) is 4.39 Å². The first-order valence-electron chi connectivity index (χ1n) is 9.22. The number of nitrogens with zero attached hydrogens (tertiary/aromatic N) is 4.